The van der Waals surface area contributed by atoms with Gasteiger partial charge in [0.05, 0.1) is 17.3 Å². The van der Waals surface area contributed by atoms with Crippen molar-refractivity contribution in [2.45, 2.75) is 26.3 Å². The fraction of sp³-hybridized carbons (Fsp3) is 0.474. The number of allylic oxidation sites excluding steroid dienone is 2. The normalized spacial score (nSPS) is 24.7. The van der Waals surface area contributed by atoms with E-state index in [2.05, 4.69) is 55.7 Å². The van der Waals surface area contributed by atoms with E-state index in [-0.39, 0.29) is 26.6 Å². The van der Waals surface area contributed by atoms with Crippen LogP contribution in [-0.4, -0.2) is 47.0 Å². The first kappa shape index (κ1) is 17.6. The van der Waals surface area contributed by atoms with Crippen LogP contribution in [0.1, 0.15) is 20.3 Å². The topological polar surface area (TPSA) is 44.4 Å². The van der Waals surface area contributed by atoms with E-state index in [0.717, 1.165) is 37.3 Å². The van der Waals surface area contributed by atoms with E-state index < -0.39 is 0 Å². The smallest absolute Gasteiger partial charge is 0.253 e. The van der Waals surface area contributed by atoms with Gasteiger partial charge in [-0.1, -0.05) is 58.9 Å². The van der Waals surface area contributed by atoms with Crippen LogP contribution >= 0.6 is 20.7 Å². The highest BCUT2D eigenvalue weighted by molar-refractivity contribution is 14.2. The van der Waals surface area contributed by atoms with E-state index in [0.29, 0.717) is 18.5 Å². The molecule has 1 aliphatic carbocycles. The number of hydrogen-bond donors (Lipinski definition) is 2. The fourth-order valence-electron chi connectivity index (χ4n) is 3.27. The van der Waals surface area contributed by atoms with Gasteiger partial charge in [-0.2, -0.15) is 0 Å². The zero-order valence-electron chi connectivity index (χ0n) is 14.4. The van der Waals surface area contributed by atoms with Crippen molar-refractivity contribution in [3.8, 4) is 0 Å². The second kappa shape index (κ2) is 8.25. The van der Waals surface area contributed by atoms with Crippen molar-refractivity contribution in [1.82, 2.24) is 15.5 Å². The van der Waals surface area contributed by atoms with Crippen LogP contribution in [0, 0.1) is 5.92 Å². The molecule has 3 rings (SSSR count). The largest absolute Gasteiger partial charge is 0.377 e. The third-order valence-electron chi connectivity index (χ3n) is 4.76. The third kappa shape index (κ3) is 3.88. The van der Waals surface area contributed by atoms with E-state index in [1.54, 1.807) is 0 Å². The van der Waals surface area contributed by atoms with Gasteiger partial charge < -0.3 is 15.5 Å². The van der Waals surface area contributed by atoms with Gasteiger partial charge in [0.25, 0.3) is 5.91 Å². The molecule has 0 saturated carbocycles. The molecule has 0 bridgehead atoms. The Morgan fingerprint density at radius 2 is 2.25 bits per heavy atom. The summed E-state index contributed by atoms with van der Waals surface area (Å²) in [5.41, 5.74) is 3.08. The van der Waals surface area contributed by atoms with Crippen LogP contribution in [0.4, 0.5) is 0 Å². The number of halogens is 1. The second-order valence-corrected chi connectivity index (χ2v) is 8.35. The maximum absolute atomic E-state index is 12.6. The highest BCUT2D eigenvalue weighted by Crippen LogP contribution is 2.32. The molecule has 2 atom stereocenters. The minimum atomic E-state index is 0.0333. The monoisotopic (exact) mass is 439 g/mol. The van der Waals surface area contributed by atoms with Crippen molar-refractivity contribution >= 4 is 30.6 Å². The van der Waals surface area contributed by atoms with Gasteiger partial charge in [-0.15, -0.1) is 0 Å². The van der Waals surface area contributed by atoms with Crippen LogP contribution in [0.5, 0.6) is 0 Å². The van der Waals surface area contributed by atoms with Gasteiger partial charge in [-0.25, -0.2) is 0 Å². The summed E-state index contributed by atoms with van der Waals surface area (Å²) in [6, 6.07) is 0.353. The zero-order valence-corrected chi connectivity index (χ0v) is 16.5. The summed E-state index contributed by atoms with van der Waals surface area (Å²) in [6.07, 6.45) is 9.63. The molecule has 0 saturated heterocycles. The Morgan fingerprint density at radius 3 is 3.04 bits per heavy atom. The number of likely N-dealkylation sites (N-methyl/N-ethyl adjacent to an activating group) is 1. The first-order valence-corrected chi connectivity index (χ1v) is 11.2. The van der Waals surface area contributed by atoms with Gasteiger partial charge in [0.1, 0.15) is 0 Å². The summed E-state index contributed by atoms with van der Waals surface area (Å²) in [4.78, 5) is 15.0. The summed E-state index contributed by atoms with van der Waals surface area (Å²) in [7, 11) is 0. The number of rotatable bonds is 6. The Morgan fingerprint density at radius 1 is 1.42 bits per heavy atom. The molecule has 0 spiro atoms. The van der Waals surface area contributed by atoms with E-state index >= 15 is 0 Å². The number of carbonyl (C=O) groups is 1. The van der Waals surface area contributed by atoms with Gasteiger partial charge in [-0.05, 0) is 33.2 Å². The Hall–Kier alpha value is -1.21. The predicted octanol–water partition coefficient (Wildman–Crippen LogP) is 2.47. The minimum Gasteiger partial charge on any atom is -0.377 e. The molecule has 1 amide bonds. The lowest BCUT2D eigenvalue weighted by Crippen LogP contribution is -2.42. The van der Waals surface area contributed by atoms with Crippen LogP contribution in [0.2, 0.25) is 0 Å². The maximum atomic E-state index is 12.6. The molecule has 2 heterocycles. The maximum Gasteiger partial charge on any atom is 0.253 e. The molecule has 0 aromatic heterocycles. The molecular formula is C19H26IN3O. The van der Waals surface area contributed by atoms with Crippen molar-refractivity contribution in [2.24, 2.45) is 5.92 Å². The highest BCUT2D eigenvalue weighted by Gasteiger charge is 2.29. The van der Waals surface area contributed by atoms with Crippen LogP contribution in [0.25, 0.3) is 0 Å². The molecule has 0 fully saturated rings. The Labute approximate surface area is 154 Å². The molecule has 0 radical (unpaired) electrons. The van der Waals surface area contributed by atoms with E-state index in [1.807, 2.05) is 6.08 Å². The second-order valence-electron chi connectivity index (χ2n) is 6.19. The average Bonchev–Trinajstić information content (AvgIpc) is 2.63. The Balaban J connectivity index is 1.71. The summed E-state index contributed by atoms with van der Waals surface area (Å²) >= 11 is 0.0472. The first-order valence-electron chi connectivity index (χ1n) is 8.73. The summed E-state index contributed by atoms with van der Waals surface area (Å²) < 4.78 is 4.73. The first-order chi connectivity index (χ1) is 11.7. The fourth-order valence-corrected chi connectivity index (χ4v) is 5.34. The molecule has 4 nitrogen and oxygen atoms in total. The Kier molecular flexibility index (Phi) is 6.05. The zero-order chi connectivity index (χ0) is 16.9. The molecule has 130 valence electrons. The summed E-state index contributed by atoms with van der Waals surface area (Å²) in [5.74, 6) is 0.474. The third-order valence-corrected chi connectivity index (χ3v) is 6.78. The lowest BCUT2D eigenvalue weighted by atomic mass is 9.86. The van der Waals surface area contributed by atoms with Gasteiger partial charge in [0.15, 0.2) is 0 Å². The van der Waals surface area contributed by atoms with Crippen molar-refractivity contribution in [3.05, 3.63) is 45.2 Å². The molecule has 2 aliphatic heterocycles. The van der Waals surface area contributed by atoms with Gasteiger partial charge >= 0.3 is 0 Å². The minimum absolute atomic E-state index is 0.0333. The van der Waals surface area contributed by atoms with Crippen LogP contribution in [0.3, 0.4) is 0 Å². The number of carbonyl (C=O) groups excluding carboxylic acids is 1. The molecule has 2 unspecified atom stereocenters. The van der Waals surface area contributed by atoms with Crippen LogP contribution in [-0.2, 0) is 4.79 Å². The number of nitrogens with zero attached hydrogens (tertiary/aromatic N) is 1. The summed E-state index contributed by atoms with van der Waals surface area (Å²) in [5, 5.41) is 6.70. The molecule has 3 aliphatic rings. The number of nitrogens with one attached hydrogen (secondary N) is 2. The average molecular weight is 439 g/mol. The van der Waals surface area contributed by atoms with E-state index in [4.69, 9.17) is 0 Å². The molecule has 0 aromatic rings. The number of fused-ring (bicyclic) bond motifs is 2. The standard InChI is InChI=1S/C19H26IN3O/c1-3-23(4-2)11-10-21-19(24)16-7-5-6-15-12-14-8-9-20-13-17(14)22-18(15)16/h5,7-9,12-14,17,22H,3-4,6,10-11H2,1-2H3,(H,21,24). The number of hydrogen-bond acceptors (Lipinski definition) is 3. The van der Waals surface area contributed by atoms with Gasteiger partial charge in [0, 0.05) is 19.0 Å². The van der Waals surface area contributed by atoms with E-state index in [9.17, 15) is 4.79 Å². The van der Waals surface area contributed by atoms with Crippen molar-refractivity contribution in [3.63, 3.8) is 0 Å². The summed E-state index contributed by atoms with van der Waals surface area (Å²) in [6.45, 7) is 7.92. The van der Waals surface area contributed by atoms with Crippen molar-refractivity contribution in [1.29, 1.82) is 0 Å². The van der Waals surface area contributed by atoms with Crippen molar-refractivity contribution < 1.29 is 4.79 Å². The lowest BCUT2D eigenvalue weighted by Gasteiger charge is -2.33. The molecule has 24 heavy (non-hydrogen) atoms. The molecule has 2 N–H and O–H groups in total. The predicted molar refractivity (Wildman–Crippen MR) is 109 cm³/mol. The Bertz CT molecular complexity index is 641. The van der Waals surface area contributed by atoms with Gasteiger partial charge in [0.2, 0.25) is 0 Å². The molecular weight excluding hydrogens is 413 g/mol. The number of amides is 1. The quantitative estimate of drug-likeness (QED) is 0.626. The van der Waals surface area contributed by atoms with Gasteiger partial charge in [-0.3, -0.25) is 4.79 Å². The molecule has 5 heteroatoms. The molecule has 0 aromatic carbocycles. The lowest BCUT2D eigenvalue weighted by molar-refractivity contribution is -0.117. The van der Waals surface area contributed by atoms with Crippen molar-refractivity contribution in [2.75, 3.05) is 26.2 Å². The van der Waals surface area contributed by atoms with E-state index in [1.165, 1.54) is 5.57 Å². The SMILES string of the molecule is CCN(CC)CCNC(=O)C1=C2NC3C=IC=CC3C=C2CC=C1. The highest BCUT2D eigenvalue weighted by atomic mass is 127. The van der Waals surface area contributed by atoms with Crippen LogP contribution in [0.15, 0.2) is 45.2 Å². The van der Waals surface area contributed by atoms with Crippen LogP contribution < -0.4 is 10.6 Å².